The first-order valence-corrected chi connectivity index (χ1v) is 13.0. The first-order valence-electron chi connectivity index (χ1n) is 10.5. The Kier molecular flexibility index (Phi) is 12.8. The zero-order valence-electron chi connectivity index (χ0n) is 18.4. The lowest BCUT2D eigenvalue weighted by Crippen LogP contribution is -2.39. The van der Waals surface area contributed by atoms with Gasteiger partial charge in [-0.05, 0) is 40.5 Å². The Bertz CT molecular complexity index is 471. The lowest BCUT2D eigenvalue weighted by Gasteiger charge is -2.25. The van der Waals surface area contributed by atoms with Gasteiger partial charge in [0.05, 0.1) is 31.0 Å². The van der Waals surface area contributed by atoms with Gasteiger partial charge in [0.1, 0.15) is 5.78 Å². The van der Waals surface area contributed by atoms with E-state index in [2.05, 4.69) is 0 Å². The molecular weight excluding hydrogens is 394 g/mol. The summed E-state index contributed by atoms with van der Waals surface area (Å²) in [6.07, 6.45) is 3.35. The van der Waals surface area contributed by atoms with Crippen LogP contribution in [0.3, 0.4) is 0 Å². The summed E-state index contributed by atoms with van der Waals surface area (Å²) in [5.41, 5.74) is 0. The molecule has 1 fully saturated rings. The smallest absolute Gasteiger partial charge is 0.223 e. The summed E-state index contributed by atoms with van der Waals surface area (Å²) < 4.78 is 11.7. The van der Waals surface area contributed by atoms with E-state index in [1.807, 2.05) is 46.4 Å². The number of Topliss-reactive ketones (excluding diaryl/α,β-unsaturated/α-hetero) is 1. The molecule has 164 valence electrons. The van der Waals surface area contributed by atoms with E-state index in [0.29, 0.717) is 31.8 Å². The van der Waals surface area contributed by atoms with Crippen molar-refractivity contribution in [3.8, 4) is 0 Å². The second-order valence-electron chi connectivity index (χ2n) is 8.24. The maximum atomic E-state index is 12.7. The third-order valence-electron chi connectivity index (χ3n) is 4.56. The predicted octanol–water partition coefficient (Wildman–Crippen LogP) is 4.58. The lowest BCUT2D eigenvalue weighted by atomic mass is 10.1. The van der Waals surface area contributed by atoms with E-state index in [-0.39, 0.29) is 36.2 Å². The molecule has 0 aliphatic carbocycles. The highest BCUT2D eigenvalue weighted by molar-refractivity contribution is 8.76. The first-order chi connectivity index (χ1) is 13.2. The summed E-state index contributed by atoms with van der Waals surface area (Å²) in [5, 5.41) is 0. The number of likely N-dealkylation sites (tertiary alicyclic amines) is 1. The number of amides is 1. The fourth-order valence-electron chi connectivity index (χ4n) is 3.10. The summed E-state index contributed by atoms with van der Waals surface area (Å²) in [6, 6.07) is 0.114. The maximum Gasteiger partial charge on any atom is 0.223 e. The van der Waals surface area contributed by atoms with E-state index in [0.717, 1.165) is 24.3 Å². The molecule has 0 N–H and O–H groups in total. The van der Waals surface area contributed by atoms with Gasteiger partial charge in [0.2, 0.25) is 5.91 Å². The molecule has 1 heterocycles. The molecule has 0 saturated carbocycles. The molecule has 1 aliphatic heterocycles. The van der Waals surface area contributed by atoms with E-state index in [1.54, 1.807) is 21.6 Å². The van der Waals surface area contributed by atoms with Crippen molar-refractivity contribution >= 4 is 33.3 Å². The molecule has 5 nitrogen and oxygen atoms in total. The minimum atomic E-state index is 0.105. The molecule has 0 aromatic carbocycles. The second kappa shape index (κ2) is 13.9. The summed E-state index contributed by atoms with van der Waals surface area (Å²) in [7, 11) is 3.49. The number of nitrogens with zero attached hydrogens (tertiary/aromatic N) is 1. The summed E-state index contributed by atoms with van der Waals surface area (Å²) >= 11 is 0. The number of carbonyl (C=O) groups is 2. The minimum absolute atomic E-state index is 0.105. The Labute approximate surface area is 179 Å². The van der Waals surface area contributed by atoms with Crippen LogP contribution in [-0.2, 0) is 19.1 Å². The van der Waals surface area contributed by atoms with Crippen LogP contribution in [0.2, 0.25) is 0 Å². The summed E-state index contributed by atoms with van der Waals surface area (Å²) in [6.45, 7) is 13.2. The van der Waals surface area contributed by atoms with Gasteiger partial charge in [-0.3, -0.25) is 9.59 Å². The Morgan fingerprint density at radius 3 is 2.29 bits per heavy atom. The van der Waals surface area contributed by atoms with Gasteiger partial charge < -0.3 is 14.4 Å². The largest absolute Gasteiger partial charge is 0.377 e. The van der Waals surface area contributed by atoms with Gasteiger partial charge >= 0.3 is 0 Å². The number of ether oxygens (including phenoxy) is 2. The molecule has 0 aromatic heterocycles. The average molecular weight is 434 g/mol. The zero-order chi connectivity index (χ0) is 21.1. The minimum Gasteiger partial charge on any atom is -0.377 e. The van der Waals surface area contributed by atoms with Gasteiger partial charge in [0.25, 0.3) is 0 Å². The van der Waals surface area contributed by atoms with Crippen molar-refractivity contribution in [1.29, 1.82) is 0 Å². The molecule has 0 bridgehead atoms. The van der Waals surface area contributed by atoms with Crippen LogP contribution in [0.25, 0.3) is 0 Å². The topological polar surface area (TPSA) is 55.8 Å². The van der Waals surface area contributed by atoms with Crippen LogP contribution >= 0.6 is 21.6 Å². The molecule has 1 aliphatic rings. The van der Waals surface area contributed by atoms with Crippen LogP contribution in [0.1, 0.15) is 67.2 Å². The van der Waals surface area contributed by atoms with Crippen molar-refractivity contribution in [2.24, 2.45) is 5.92 Å². The Hall–Kier alpha value is -0.240. The SMILES string of the molecule is CC(C)OC[C@@H]1C[C@@H](OC(C)C)CN1C(=O)CCCSSCCC(=O)C(C)C. The number of hydrogen-bond donors (Lipinski definition) is 0. The van der Waals surface area contributed by atoms with Crippen molar-refractivity contribution in [3.05, 3.63) is 0 Å². The third-order valence-corrected chi connectivity index (χ3v) is 7.05. The Balaban J connectivity index is 2.31. The lowest BCUT2D eigenvalue weighted by molar-refractivity contribution is -0.134. The molecule has 1 saturated heterocycles. The molecule has 28 heavy (non-hydrogen) atoms. The molecule has 0 aromatic rings. The maximum absolute atomic E-state index is 12.7. The molecule has 0 spiro atoms. The molecule has 0 unspecified atom stereocenters. The molecule has 1 rings (SSSR count). The van der Waals surface area contributed by atoms with Gasteiger partial charge in [-0.1, -0.05) is 35.4 Å². The predicted molar refractivity (Wildman–Crippen MR) is 120 cm³/mol. The zero-order valence-corrected chi connectivity index (χ0v) is 20.1. The normalized spacial score (nSPS) is 20.0. The third kappa shape index (κ3) is 10.5. The van der Waals surface area contributed by atoms with E-state index >= 15 is 0 Å². The van der Waals surface area contributed by atoms with E-state index < -0.39 is 0 Å². The van der Waals surface area contributed by atoms with E-state index in [4.69, 9.17) is 9.47 Å². The average Bonchev–Trinajstić information content (AvgIpc) is 3.00. The first kappa shape index (κ1) is 25.8. The summed E-state index contributed by atoms with van der Waals surface area (Å²) in [4.78, 5) is 26.3. The second-order valence-corrected chi connectivity index (χ2v) is 10.9. The van der Waals surface area contributed by atoms with E-state index in [1.165, 1.54) is 0 Å². The molecule has 1 amide bonds. The van der Waals surface area contributed by atoms with Crippen molar-refractivity contribution < 1.29 is 19.1 Å². The van der Waals surface area contributed by atoms with Crippen molar-refractivity contribution in [3.63, 3.8) is 0 Å². The number of carbonyl (C=O) groups excluding carboxylic acids is 2. The number of ketones is 1. The highest BCUT2D eigenvalue weighted by Gasteiger charge is 2.36. The van der Waals surface area contributed by atoms with Gasteiger partial charge in [-0.2, -0.15) is 0 Å². The Morgan fingerprint density at radius 1 is 1.00 bits per heavy atom. The van der Waals surface area contributed by atoms with Gasteiger partial charge in [-0.25, -0.2) is 0 Å². The number of hydrogen-bond acceptors (Lipinski definition) is 6. The highest BCUT2D eigenvalue weighted by atomic mass is 33.1. The van der Waals surface area contributed by atoms with Crippen LogP contribution in [0.5, 0.6) is 0 Å². The molecular formula is C21H39NO4S2. The van der Waals surface area contributed by atoms with Crippen LogP contribution in [0, 0.1) is 5.92 Å². The van der Waals surface area contributed by atoms with E-state index in [9.17, 15) is 9.59 Å². The van der Waals surface area contributed by atoms with Crippen LogP contribution < -0.4 is 0 Å². The quantitative estimate of drug-likeness (QED) is 0.295. The van der Waals surface area contributed by atoms with Crippen molar-refractivity contribution in [2.45, 2.75) is 91.6 Å². The van der Waals surface area contributed by atoms with Crippen molar-refractivity contribution in [2.75, 3.05) is 24.7 Å². The summed E-state index contributed by atoms with van der Waals surface area (Å²) in [5.74, 6) is 2.43. The fourth-order valence-corrected chi connectivity index (χ4v) is 5.19. The van der Waals surface area contributed by atoms with Crippen LogP contribution in [0.4, 0.5) is 0 Å². The van der Waals surface area contributed by atoms with Gasteiger partial charge in [0, 0.05) is 36.8 Å². The Morgan fingerprint density at radius 2 is 1.68 bits per heavy atom. The monoisotopic (exact) mass is 433 g/mol. The number of rotatable bonds is 14. The van der Waals surface area contributed by atoms with Crippen LogP contribution in [0.15, 0.2) is 0 Å². The van der Waals surface area contributed by atoms with Gasteiger partial charge in [-0.15, -0.1) is 0 Å². The molecule has 7 heteroatoms. The fraction of sp³-hybridized carbons (Fsp3) is 0.905. The molecule has 2 atom stereocenters. The highest BCUT2D eigenvalue weighted by Crippen LogP contribution is 2.26. The molecule has 0 radical (unpaired) electrons. The van der Waals surface area contributed by atoms with Crippen molar-refractivity contribution in [1.82, 2.24) is 4.90 Å². The van der Waals surface area contributed by atoms with Crippen LogP contribution in [-0.4, -0.2) is 65.6 Å². The standard InChI is InChI=1S/C21H39NO4S2/c1-15(2)20(23)9-11-28-27-10-7-8-21(24)22-13-19(26-17(5)6)12-18(22)14-25-16(3)4/h15-19H,7-14H2,1-6H3/t18-,19+/m0/s1. The van der Waals surface area contributed by atoms with Gasteiger partial charge in [0.15, 0.2) is 0 Å².